The van der Waals surface area contributed by atoms with E-state index in [1.54, 1.807) is 6.92 Å². The van der Waals surface area contributed by atoms with Crippen molar-refractivity contribution in [1.29, 1.82) is 0 Å². The van der Waals surface area contributed by atoms with Crippen LogP contribution in [0.25, 0.3) is 0 Å². The molecule has 1 unspecified atom stereocenters. The molecule has 0 saturated heterocycles. The predicted molar refractivity (Wildman–Crippen MR) is 82.1 cm³/mol. The second-order valence-electron chi connectivity index (χ2n) is 5.29. The molecule has 0 amide bonds. The molecule has 1 aromatic carbocycles. The third-order valence-corrected chi connectivity index (χ3v) is 3.48. The molecule has 0 bridgehead atoms. The van der Waals surface area contributed by atoms with E-state index in [-0.39, 0.29) is 6.04 Å². The summed E-state index contributed by atoms with van der Waals surface area (Å²) in [6.07, 6.45) is 3.95. The molecule has 0 aliphatic heterocycles. The van der Waals surface area contributed by atoms with Crippen LogP contribution in [0.2, 0.25) is 0 Å². The fourth-order valence-corrected chi connectivity index (χ4v) is 2.24. The Morgan fingerprint density at radius 3 is 2.82 bits per heavy atom. The zero-order valence-electron chi connectivity index (χ0n) is 12.7. The van der Waals surface area contributed by atoms with E-state index >= 15 is 0 Å². The molecule has 22 heavy (non-hydrogen) atoms. The normalized spacial score (nSPS) is 12.5. The minimum Gasteiger partial charge on any atom is -0.340 e. The van der Waals surface area contributed by atoms with E-state index in [9.17, 15) is 0 Å². The lowest BCUT2D eigenvalue weighted by molar-refractivity contribution is 0.384. The lowest BCUT2D eigenvalue weighted by Crippen LogP contribution is -2.18. The quantitative estimate of drug-likeness (QED) is 0.757. The maximum Gasteiger partial charge on any atom is 0.223 e. The Balaban J connectivity index is 1.58. The second kappa shape index (κ2) is 6.53. The summed E-state index contributed by atoms with van der Waals surface area (Å²) in [5.41, 5.74) is 2.37. The number of aryl methyl sites for hydroxylation is 1. The molecular formula is C16H19N5O. The van der Waals surface area contributed by atoms with Gasteiger partial charge in [0, 0.05) is 24.7 Å². The van der Waals surface area contributed by atoms with Gasteiger partial charge in [0.05, 0.1) is 19.3 Å². The largest absolute Gasteiger partial charge is 0.340 e. The molecule has 6 heteroatoms. The molecule has 0 radical (unpaired) electrons. The number of nitrogens with one attached hydrogen (secondary N) is 1. The number of hydrogen-bond acceptors (Lipinski definition) is 5. The second-order valence-corrected chi connectivity index (χ2v) is 5.29. The Morgan fingerprint density at radius 2 is 2.09 bits per heavy atom. The minimum atomic E-state index is 0.170. The first-order valence-electron chi connectivity index (χ1n) is 7.29. The fourth-order valence-electron chi connectivity index (χ4n) is 2.24. The van der Waals surface area contributed by atoms with Gasteiger partial charge >= 0.3 is 0 Å². The van der Waals surface area contributed by atoms with Gasteiger partial charge in [0.15, 0.2) is 5.82 Å². The van der Waals surface area contributed by atoms with E-state index in [4.69, 9.17) is 4.52 Å². The van der Waals surface area contributed by atoms with Gasteiger partial charge in [-0.15, -0.1) is 0 Å². The van der Waals surface area contributed by atoms with Gasteiger partial charge in [-0.2, -0.15) is 10.1 Å². The zero-order valence-corrected chi connectivity index (χ0v) is 12.7. The van der Waals surface area contributed by atoms with Crippen molar-refractivity contribution in [3.8, 4) is 0 Å². The monoisotopic (exact) mass is 297 g/mol. The number of nitrogens with zero attached hydrogens (tertiary/aromatic N) is 4. The highest BCUT2D eigenvalue weighted by molar-refractivity contribution is 5.16. The van der Waals surface area contributed by atoms with Crippen molar-refractivity contribution in [1.82, 2.24) is 25.2 Å². The molecule has 6 nitrogen and oxygen atoms in total. The summed E-state index contributed by atoms with van der Waals surface area (Å²) in [5.74, 6) is 1.25. The standard InChI is InChI=1S/C16H19N5O/c1-12(17-9-16-19-13(2)22-20-16)15-8-18-21(11-15)10-14-6-4-3-5-7-14/h3-8,11-12,17H,9-10H2,1-2H3. The van der Waals surface area contributed by atoms with Gasteiger partial charge in [0.1, 0.15) is 0 Å². The van der Waals surface area contributed by atoms with Gasteiger partial charge in [-0.05, 0) is 12.5 Å². The Labute approximate surface area is 129 Å². The third-order valence-electron chi connectivity index (χ3n) is 3.48. The molecule has 114 valence electrons. The number of benzene rings is 1. The van der Waals surface area contributed by atoms with Crippen molar-refractivity contribution in [3.63, 3.8) is 0 Å². The van der Waals surface area contributed by atoms with Gasteiger partial charge in [0.25, 0.3) is 0 Å². The van der Waals surface area contributed by atoms with Crippen molar-refractivity contribution < 1.29 is 4.52 Å². The first kappa shape index (κ1) is 14.5. The van der Waals surface area contributed by atoms with Gasteiger partial charge in [-0.1, -0.05) is 35.5 Å². The van der Waals surface area contributed by atoms with E-state index in [0.717, 1.165) is 12.1 Å². The SMILES string of the molecule is Cc1nc(CNC(C)c2cnn(Cc3ccccc3)c2)no1. The fraction of sp³-hybridized carbons (Fsp3) is 0.312. The van der Waals surface area contributed by atoms with Crippen LogP contribution < -0.4 is 5.32 Å². The summed E-state index contributed by atoms with van der Waals surface area (Å²) >= 11 is 0. The summed E-state index contributed by atoms with van der Waals surface area (Å²) in [6.45, 7) is 5.23. The van der Waals surface area contributed by atoms with Crippen LogP contribution >= 0.6 is 0 Å². The predicted octanol–water partition coefficient (Wildman–Crippen LogP) is 2.47. The highest BCUT2D eigenvalue weighted by Gasteiger charge is 2.10. The van der Waals surface area contributed by atoms with E-state index in [1.165, 1.54) is 5.56 Å². The van der Waals surface area contributed by atoms with Crippen molar-refractivity contribution >= 4 is 0 Å². The van der Waals surface area contributed by atoms with Crippen molar-refractivity contribution in [3.05, 3.63) is 65.6 Å². The van der Waals surface area contributed by atoms with Crippen molar-refractivity contribution in [2.24, 2.45) is 0 Å². The van der Waals surface area contributed by atoms with Gasteiger partial charge < -0.3 is 9.84 Å². The summed E-state index contributed by atoms with van der Waals surface area (Å²) < 4.78 is 6.90. The Morgan fingerprint density at radius 1 is 1.27 bits per heavy atom. The summed E-state index contributed by atoms with van der Waals surface area (Å²) in [6, 6.07) is 10.5. The van der Waals surface area contributed by atoms with Crippen LogP contribution in [0, 0.1) is 6.92 Å². The lowest BCUT2D eigenvalue weighted by atomic mass is 10.2. The molecule has 0 spiro atoms. The first-order chi connectivity index (χ1) is 10.7. The maximum absolute atomic E-state index is 4.96. The van der Waals surface area contributed by atoms with Crippen LogP contribution in [0.5, 0.6) is 0 Å². The van der Waals surface area contributed by atoms with E-state index in [2.05, 4.69) is 45.8 Å². The molecule has 2 aromatic heterocycles. The zero-order chi connectivity index (χ0) is 15.4. The van der Waals surface area contributed by atoms with E-state index in [1.807, 2.05) is 29.1 Å². The van der Waals surface area contributed by atoms with Crippen molar-refractivity contribution in [2.45, 2.75) is 33.0 Å². The molecule has 0 saturated carbocycles. The Hall–Kier alpha value is -2.47. The van der Waals surface area contributed by atoms with Crippen molar-refractivity contribution in [2.75, 3.05) is 0 Å². The van der Waals surface area contributed by atoms with Crippen LogP contribution in [0.3, 0.4) is 0 Å². The number of rotatable bonds is 6. The molecule has 3 aromatic rings. The maximum atomic E-state index is 4.96. The van der Waals surface area contributed by atoms with Crippen LogP contribution in [0.15, 0.2) is 47.2 Å². The molecule has 0 aliphatic carbocycles. The van der Waals surface area contributed by atoms with Crippen LogP contribution in [-0.4, -0.2) is 19.9 Å². The van der Waals surface area contributed by atoms with Crippen LogP contribution in [0.4, 0.5) is 0 Å². The Kier molecular flexibility index (Phi) is 4.29. The van der Waals surface area contributed by atoms with Crippen LogP contribution in [-0.2, 0) is 13.1 Å². The third kappa shape index (κ3) is 3.59. The highest BCUT2D eigenvalue weighted by atomic mass is 16.5. The molecule has 3 rings (SSSR count). The molecule has 2 heterocycles. The molecule has 0 aliphatic rings. The molecule has 0 fully saturated rings. The van der Waals surface area contributed by atoms with E-state index < -0.39 is 0 Å². The summed E-state index contributed by atoms with van der Waals surface area (Å²) in [7, 11) is 0. The molecule has 1 atom stereocenters. The molecule has 1 N–H and O–H groups in total. The summed E-state index contributed by atoms with van der Waals surface area (Å²) in [4.78, 5) is 4.18. The van der Waals surface area contributed by atoms with Gasteiger partial charge in [-0.25, -0.2) is 0 Å². The smallest absolute Gasteiger partial charge is 0.223 e. The average molecular weight is 297 g/mol. The van der Waals surface area contributed by atoms with Gasteiger partial charge in [0.2, 0.25) is 5.89 Å². The van der Waals surface area contributed by atoms with Crippen LogP contribution in [0.1, 0.15) is 35.8 Å². The molecular weight excluding hydrogens is 278 g/mol. The Bertz CT molecular complexity index is 719. The van der Waals surface area contributed by atoms with E-state index in [0.29, 0.717) is 18.3 Å². The lowest BCUT2D eigenvalue weighted by Gasteiger charge is -2.09. The average Bonchev–Trinajstić information content (AvgIpc) is 3.15. The number of aromatic nitrogens is 4. The summed E-state index contributed by atoms with van der Waals surface area (Å²) in [5, 5.41) is 11.7. The van der Waals surface area contributed by atoms with Gasteiger partial charge in [-0.3, -0.25) is 4.68 Å². The first-order valence-corrected chi connectivity index (χ1v) is 7.29. The topological polar surface area (TPSA) is 68.8 Å². The minimum absolute atomic E-state index is 0.170. The highest BCUT2D eigenvalue weighted by Crippen LogP contribution is 2.12. The number of hydrogen-bond donors (Lipinski definition) is 1.